The second-order valence-corrected chi connectivity index (χ2v) is 9.04. The summed E-state index contributed by atoms with van der Waals surface area (Å²) in [7, 11) is 2.01. The first-order valence-corrected chi connectivity index (χ1v) is 11.2. The third-order valence-electron chi connectivity index (χ3n) is 6.01. The lowest BCUT2D eigenvalue weighted by Gasteiger charge is -2.33. The summed E-state index contributed by atoms with van der Waals surface area (Å²) in [5.74, 6) is -0.772. The number of fused-ring (bicyclic) bond motifs is 1. The van der Waals surface area contributed by atoms with E-state index in [2.05, 4.69) is 10.2 Å². The van der Waals surface area contributed by atoms with E-state index in [1.807, 2.05) is 31.3 Å². The van der Waals surface area contributed by atoms with Crippen LogP contribution in [0, 0.1) is 5.82 Å². The van der Waals surface area contributed by atoms with Crippen LogP contribution in [0.4, 0.5) is 15.8 Å². The minimum Gasteiger partial charge on any atom is -0.490 e. The number of likely N-dealkylation sites (N-methyl/N-ethyl adjacent to an activating group) is 1. The Kier molecular flexibility index (Phi) is 6.64. The summed E-state index contributed by atoms with van der Waals surface area (Å²) in [6.45, 7) is 3.98. The maximum absolute atomic E-state index is 14.1. The van der Waals surface area contributed by atoms with E-state index in [1.54, 1.807) is 24.3 Å². The summed E-state index contributed by atoms with van der Waals surface area (Å²) in [5.41, 5.74) is 0.513. The van der Waals surface area contributed by atoms with Crippen LogP contribution in [0.2, 0.25) is 0 Å². The normalized spacial score (nSPS) is 15.1. The molecule has 1 amide bonds. The molecule has 3 aromatic carbocycles. The van der Waals surface area contributed by atoms with Gasteiger partial charge < -0.3 is 24.8 Å². The molecule has 1 aliphatic rings. The molecule has 4 rings (SSSR count). The number of benzene rings is 3. The molecule has 0 spiro atoms. The second-order valence-electron chi connectivity index (χ2n) is 9.04. The Bertz CT molecular complexity index is 1240. The van der Waals surface area contributed by atoms with Gasteiger partial charge in [0.1, 0.15) is 30.0 Å². The van der Waals surface area contributed by atoms with Crippen molar-refractivity contribution in [3.63, 3.8) is 0 Å². The van der Waals surface area contributed by atoms with Crippen molar-refractivity contribution in [2.24, 2.45) is 0 Å². The second kappa shape index (κ2) is 9.66. The van der Waals surface area contributed by atoms with E-state index in [0.717, 1.165) is 23.6 Å². The minimum atomic E-state index is -1.31. The lowest BCUT2D eigenvalue weighted by Crippen LogP contribution is -2.41. The zero-order chi connectivity index (χ0) is 25.2. The Morgan fingerprint density at radius 1 is 1.14 bits per heavy atom. The molecule has 0 aromatic heterocycles. The van der Waals surface area contributed by atoms with Gasteiger partial charge in [-0.15, -0.1) is 0 Å². The maximum Gasteiger partial charge on any atom is 0.313 e. The summed E-state index contributed by atoms with van der Waals surface area (Å²) in [6, 6.07) is 18.2. The fourth-order valence-corrected chi connectivity index (χ4v) is 3.82. The van der Waals surface area contributed by atoms with Gasteiger partial charge in [-0.25, -0.2) is 4.39 Å². The molecular formula is C27H27FN2O5. The van der Waals surface area contributed by atoms with E-state index in [4.69, 9.17) is 9.47 Å². The van der Waals surface area contributed by atoms with Gasteiger partial charge in [-0.3, -0.25) is 9.59 Å². The van der Waals surface area contributed by atoms with Crippen molar-refractivity contribution in [2.75, 3.05) is 30.4 Å². The van der Waals surface area contributed by atoms with Gasteiger partial charge >= 0.3 is 5.97 Å². The third-order valence-corrected chi connectivity index (χ3v) is 6.01. The molecule has 1 aliphatic heterocycles. The van der Waals surface area contributed by atoms with Gasteiger partial charge in [0.2, 0.25) is 0 Å². The molecule has 1 heterocycles. The quantitative estimate of drug-likeness (QED) is 0.511. The molecule has 3 aromatic rings. The number of carboxylic acid groups (broad SMARTS) is 1. The maximum atomic E-state index is 14.1. The Balaban J connectivity index is 1.37. The summed E-state index contributed by atoms with van der Waals surface area (Å²) >= 11 is 0. The molecular weight excluding hydrogens is 451 g/mol. The predicted octanol–water partition coefficient (Wildman–Crippen LogP) is 4.72. The molecule has 0 fully saturated rings. The van der Waals surface area contributed by atoms with E-state index in [9.17, 15) is 19.1 Å². The van der Waals surface area contributed by atoms with Gasteiger partial charge in [0.25, 0.3) is 5.91 Å². The Hall–Kier alpha value is -4.07. The van der Waals surface area contributed by atoms with Gasteiger partial charge in [-0.1, -0.05) is 12.1 Å². The number of rotatable bonds is 7. The van der Waals surface area contributed by atoms with Crippen molar-refractivity contribution < 1.29 is 28.6 Å². The van der Waals surface area contributed by atoms with Crippen LogP contribution in [0.1, 0.15) is 29.8 Å². The standard InChI is InChI=1S/C27H27FN2O5/c1-27(2,26(32)33)18-12-19(28)14-20(13-18)29-25(31)17-8-10-21(11-9-17)34-16-22-15-30(3)23-6-4-5-7-24(23)35-22/h4-14,22H,15-16H2,1-3H3,(H,29,31)(H,32,33)/t22-/m0/s1. The number of amides is 1. The first-order chi connectivity index (χ1) is 16.6. The first kappa shape index (κ1) is 24.1. The number of aliphatic carboxylic acids is 1. The number of halogens is 1. The minimum absolute atomic E-state index is 0.143. The summed E-state index contributed by atoms with van der Waals surface area (Å²) in [5, 5.41) is 12.0. The zero-order valence-electron chi connectivity index (χ0n) is 19.7. The number of hydrogen-bond donors (Lipinski definition) is 2. The van der Waals surface area contributed by atoms with Crippen LogP contribution in [0.15, 0.2) is 66.7 Å². The Morgan fingerprint density at radius 3 is 2.57 bits per heavy atom. The van der Waals surface area contributed by atoms with E-state index in [-0.39, 0.29) is 17.4 Å². The molecule has 8 heteroatoms. The lowest BCUT2D eigenvalue weighted by atomic mass is 9.84. The molecule has 182 valence electrons. The van der Waals surface area contributed by atoms with E-state index < -0.39 is 23.1 Å². The molecule has 2 N–H and O–H groups in total. The molecule has 0 saturated carbocycles. The van der Waals surface area contributed by atoms with Crippen molar-refractivity contribution >= 4 is 23.3 Å². The van der Waals surface area contributed by atoms with Gasteiger partial charge in [0, 0.05) is 18.3 Å². The van der Waals surface area contributed by atoms with Gasteiger partial charge in [0.05, 0.1) is 17.6 Å². The highest BCUT2D eigenvalue weighted by molar-refractivity contribution is 6.04. The van der Waals surface area contributed by atoms with Crippen LogP contribution in [0.5, 0.6) is 11.5 Å². The first-order valence-electron chi connectivity index (χ1n) is 11.2. The third kappa shape index (κ3) is 5.37. The molecule has 7 nitrogen and oxygen atoms in total. The van der Waals surface area contributed by atoms with Crippen molar-refractivity contribution in [1.29, 1.82) is 0 Å². The highest BCUT2D eigenvalue weighted by Crippen LogP contribution is 2.32. The Labute approximate surface area is 203 Å². The predicted molar refractivity (Wildman–Crippen MR) is 131 cm³/mol. The van der Waals surface area contributed by atoms with Crippen molar-refractivity contribution in [3.05, 3.63) is 83.7 Å². The van der Waals surface area contributed by atoms with Crippen molar-refractivity contribution in [1.82, 2.24) is 0 Å². The van der Waals surface area contributed by atoms with Gasteiger partial charge in [0.15, 0.2) is 0 Å². The summed E-state index contributed by atoms with van der Waals surface area (Å²) in [6.07, 6.45) is -0.143. The fraction of sp³-hybridized carbons (Fsp3) is 0.259. The number of nitrogens with one attached hydrogen (secondary N) is 1. The monoisotopic (exact) mass is 478 g/mol. The molecule has 0 unspecified atom stereocenters. The number of para-hydroxylation sites is 2. The number of anilines is 2. The molecule has 0 bridgehead atoms. The summed E-state index contributed by atoms with van der Waals surface area (Å²) in [4.78, 5) is 26.3. The average Bonchev–Trinajstić information content (AvgIpc) is 2.82. The van der Waals surface area contributed by atoms with E-state index in [1.165, 1.54) is 19.9 Å². The number of nitrogens with zero attached hydrogens (tertiary/aromatic N) is 1. The molecule has 35 heavy (non-hydrogen) atoms. The zero-order valence-corrected chi connectivity index (χ0v) is 19.7. The van der Waals surface area contributed by atoms with Crippen molar-refractivity contribution in [2.45, 2.75) is 25.4 Å². The molecule has 1 atom stereocenters. The lowest BCUT2D eigenvalue weighted by molar-refractivity contribution is -0.142. The number of carboxylic acids is 1. The molecule has 0 radical (unpaired) electrons. The fourth-order valence-electron chi connectivity index (χ4n) is 3.82. The van der Waals surface area contributed by atoms with Crippen LogP contribution < -0.4 is 19.7 Å². The summed E-state index contributed by atoms with van der Waals surface area (Å²) < 4.78 is 26.0. The average molecular weight is 479 g/mol. The van der Waals surface area contributed by atoms with E-state index in [0.29, 0.717) is 24.5 Å². The number of carbonyl (C=O) groups excluding carboxylic acids is 1. The molecule has 0 saturated heterocycles. The highest BCUT2D eigenvalue weighted by Gasteiger charge is 2.30. The van der Waals surface area contributed by atoms with Crippen LogP contribution in [-0.4, -0.2) is 43.3 Å². The molecule has 0 aliphatic carbocycles. The van der Waals surface area contributed by atoms with Gasteiger partial charge in [-0.05, 0) is 74.0 Å². The van der Waals surface area contributed by atoms with Crippen LogP contribution in [-0.2, 0) is 10.2 Å². The highest BCUT2D eigenvalue weighted by atomic mass is 19.1. The number of hydrogen-bond acceptors (Lipinski definition) is 5. The Morgan fingerprint density at radius 2 is 1.86 bits per heavy atom. The SMILES string of the molecule is CN1C[C@@H](COc2ccc(C(=O)Nc3cc(F)cc(C(C)(C)C(=O)O)c3)cc2)Oc2ccccc21. The smallest absolute Gasteiger partial charge is 0.313 e. The number of ether oxygens (including phenoxy) is 2. The van der Waals surface area contributed by atoms with Crippen LogP contribution in [0.3, 0.4) is 0 Å². The largest absolute Gasteiger partial charge is 0.490 e. The topological polar surface area (TPSA) is 88.1 Å². The van der Waals surface area contributed by atoms with Gasteiger partial charge in [-0.2, -0.15) is 0 Å². The van der Waals surface area contributed by atoms with Crippen LogP contribution >= 0.6 is 0 Å². The van der Waals surface area contributed by atoms with Crippen LogP contribution in [0.25, 0.3) is 0 Å². The number of carbonyl (C=O) groups is 2. The van der Waals surface area contributed by atoms with E-state index >= 15 is 0 Å². The van der Waals surface area contributed by atoms with Crippen molar-refractivity contribution in [3.8, 4) is 11.5 Å².